The van der Waals surface area contributed by atoms with E-state index in [0.717, 1.165) is 16.7 Å². The molecular weight excluding hydrogens is 651 g/mol. The molecular formula is C38H30Cl2N2O4S. The van der Waals surface area contributed by atoms with Gasteiger partial charge in [0.2, 0.25) is 0 Å². The first-order valence-corrected chi connectivity index (χ1v) is 16.5. The zero-order valence-corrected chi connectivity index (χ0v) is 27.8. The quantitative estimate of drug-likeness (QED) is 0.130. The summed E-state index contributed by atoms with van der Waals surface area (Å²) in [5, 5.41) is 1.70. The Morgan fingerprint density at radius 3 is 2.11 bits per heavy atom. The Kier molecular flexibility index (Phi) is 10.5. The summed E-state index contributed by atoms with van der Waals surface area (Å²) >= 11 is 13.5. The molecule has 0 radical (unpaired) electrons. The van der Waals surface area contributed by atoms with E-state index >= 15 is 0 Å². The summed E-state index contributed by atoms with van der Waals surface area (Å²) in [6.45, 7) is 3.18. The van der Waals surface area contributed by atoms with Crippen molar-refractivity contribution in [3.63, 3.8) is 0 Å². The Morgan fingerprint density at radius 1 is 0.702 bits per heavy atom. The fourth-order valence-corrected chi connectivity index (χ4v) is 6.04. The van der Waals surface area contributed by atoms with Gasteiger partial charge in [0.25, 0.3) is 5.91 Å². The molecule has 0 bridgehead atoms. The molecule has 0 atom stereocenters. The minimum absolute atomic E-state index is 0.202. The van der Waals surface area contributed by atoms with Gasteiger partial charge in [-0.05, 0) is 103 Å². The lowest BCUT2D eigenvalue weighted by atomic mass is 10.1. The Bertz CT molecular complexity index is 1910. The van der Waals surface area contributed by atoms with Crippen LogP contribution in [0.4, 0.5) is 11.4 Å². The molecule has 0 aliphatic carbocycles. The van der Waals surface area contributed by atoms with Gasteiger partial charge in [0, 0.05) is 15.6 Å². The van der Waals surface area contributed by atoms with Crippen molar-refractivity contribution in [1.29, 1.82) is 0 Å². The zero-order valence-electron chi connectivity index (χ0n) is 25.4. The second-order valence-corrected chi connectivity index (χ2v) is 12.3. The number of benzene rings is 5. The Labute approximate surface area is 288 Å². The Morgan fingerprint density at radius 2 is 1.36 bits per heavy atom. The van der Waals surface area contributed by atoms with Crippen LogP contribution >= 0.6 is 35.0 Å². The van der Waals surface area contributed by atoms with Crippen molar-refractivity contribution >= 4 is 63.5 Å². The molecule has 0 aromatic heterocycles. The smallest absolute Gasteiger partial charge is 0.271 e. The van der Waals surface area contributed by atoms with Crippen molar-refractivity contribution in [2.45, 2.75) is 20.1 Å². The molecule has 0 unspecified atom stereocenters. The van der Waals surface area contributed by atoms with Crippen LogP contribution in [0.1, 0.15) is 23.6 Å². The van der Waals surface area contributed by atoms with Gasteiger partial charge in [-0.1, -0.05) is 77.8 Å². The molecule has 1 fully saturated rings. The third kappa shape index (κ3) is 8.19. The van der Waals surface area contributed by atoms with Crippen LogP contribution in [0.15, 0.2) is 131 Å². The number of carbonyl (C=O) groups excluding carboxylic acids is 1. The first-order chi connectivity index (χ1) is 23.0. The molecule has 5 aromatic carbocycles. The highest BCUT2D eigenvalue weighted by molar-refractivity contribution is 8.19. The van der Waals surface area contributed by atoms with Crippen LogP contribution in [0.3, 0.4) is 0 Å². The number of rotatable bonds is 11. The number of thioether (sulfide) groups is 1. The van der Waals surface area contributed by atoms with E-state index in [1.807, 2.05) is 97.9 Å². The molecule has 5 aromatic rings. The summed E-state index contributed by atoms with van der Waals surface area (Å²) < 4.78 is 18.3. The van der Waals surface area contributed by atoms with E-state index in [4.69, 9.17) is 42.4 Å². The highest BCUT2D eigenvalue weighted by Gasteiger charge is 2.35. The van der Waals surface area contributed by atoms with Crippen molar-refractivity contribution in [2.24, 2.45) is 4.99 Å². The van der Waals surface area contributed by atoms with Crippen molar-refractivity contribution in [2.75, 3.05) is 11.5 Å². The molecule has 0 spiro atoms. The molecule has 0 saturated carbocycles. The summed E-state index contributed by atoms with van der Waals surface area (Å²) in [5.74, 6) is 1.76. The first-order valence-electron chi connectivity index (χ1n) is 14.9. The Balaban J connectivity index is 1.23. The maximum atomic E-state index is 13.9. The predicted octanol–water partition coefficient (Wildman–Crippen LogP) is 10.4. The second kappa shape index (κ2) is 15.3. The monoisotopic (exact) mass is 680 g/mol. The summed E-state index contributed by atoms with van der Waals surface area (Å²) in [6.07, 6.45) is 1.84. The summed E-state index contributed by atoms with van der Waals surface area (Å²) in [7, 11) is 0. The summed E-state index contributed by atoms with van der Waals surface area (Å²) in [6, 6.07) is 37.7. The van der Waals surface area contributed by atoms with Gasteiger partial charge in [0.1, 0.15) is 19.0 Å². The highest BCUT2D eigenvalue weighted by atomic mass is 35.5. The van der Waals surface area contributed by atoms with E-state index in [1.165, 1.54) is 11.8 Å². The maximum Gasteiger partial charge on any atom is 0.271 e. The van der Waals surface area contributed by atoms with Gasteiger partial charge in [-0.3, -0.25) is 9.69 Å². The summed E-state index contributed by atoms with van der Waals surface area (Å²) in [5.41, 5.74) is 4.10. The highest BCUT2D eigenvalue weighted by Crippen LogP contribution is 2.39. The lowest BCUT2D eigenvalue weighted by molar-refractivity contribution is -0.113. The van der Waals surface area contributed by atoms with Crippen molar-refractivity contribution in [1.82, 2.24) is 0 Å². The lowest BCUT2D eigenvalue weighted by Gasteiger charge is -2.16. The van der Waals surface area contributed by atoms with Gasteiger partial charge in [-0.15, -0.1) is 0 Å². The fraction of sp³-hybridized carbons (Fsp3) is 0.105. The van der Waals surface area contributed by atoms with Crippen LogP contribution in [-0.4, -0.2) is 17.7 Å². The van der Waals surface area contributed by atoms with E-state index in [1.54, 1.807) is 41.3 Å². The van der Waals surface area contributed by atoms with Crippen LogP contribution in [0.2, 0.25) is 10.0 Å². The topological polar surface area (TPSA) is 60.4 Å². The molecule has 9 heteroatoms. The molecule has 47 heavy (non-hydrogen) atoms. The third-order valence-corrected chi connectivity index (χ3v) is 8.56. The number of anilines is 1. The molecule has 6 nitrogen and oxygen atoms in total. The maximum absolute atomic E-state index is 13.9. The third-order valence-electron chi connectivity index (χ3n) is 7.09. The standard InChI is InChI=1S/C38H30Cl2N2O4S/c1-2-44-35-22-27(12-21-34(35)46-24-26-8-4-3-5-9-26)25-45-33-11-7-6-10-28(33)23-36-37(43)42(32-19-15-30(40)16-20-32)38(47-36)41-31-17-13-29(39)14-18-31/h3-23H,2,24-25H2,1H3/b36-23+,41-38?. The zero-order chi connectivity index (χ0) is 32.6. The van der Waals surface area contributed by atoms with Crippen LogP contribution in [0.25, 0.3) is 6.08 Å². The number of nitrogens with zero attached hydrogens (tertiary/aromatic N) is 2. The van der Waals surface area contributed by atoms with Crippen LogP contribution in [-0.2, 0) is 18.0 Å². The number of amides is 1. The normalized spacial score (nSPS) is 14.5. The summed E-state index contributed by atoms with van der Waals surface area (Å²) in [4.78, 5) is 20.7. The van der Waals surface area contributed by atoms with E-state index in [2.05, 4.69) is 0 Å². The number of hydrogen-bond acceptors (Lipinski definition) is 6. The number of halogens is 2. The van der Waals surface area contributed by atoms with Crippen molar-refractivity contribution in [3.05, 3.63) is 153 Å². The fourth-order valence-electron chi connectivity index (χ4n) is 4.79. The van der Waals surface area contributed by atoms with Gasteiger partial charge in [0.15, 0.2) is 16.7 Å². The molecule has 1 heterocycles. The number of amidine groups is 1. The molecule has 236 valence electrons. The SMILES string of the molecule is CCOc1cc(COc2ccccc2/C=C2/SC(=Nc3ccc(Cl)cc3)N(c3ccc(Cl)cc3)C2=O)ccc1OCc1ccccc1. The minimum Gasteiger partial charge on any atom is -0.490 e. The largest absolute Gasteiger partial charge is 0.490 e. The average Bonchev–Trinajstić information content (AvgIpc) is 3.39. The van der Waals surface area contributed by atoms with E-state index in [9.17, 15) is 4.79 Å². The molecule has 1 aliphatic rings. The van der Waals surface area contributed by atoms with E-state index in [0.29, 0.717) is 68.6 Å². The number of ether oxygens (including phenoxy) is 3. The van der Waals surface area contributed by atoms with Gasteiger partial charge < -0.3 is 14.2 Å². The Hall–Kier alpha value is -4.69. The molecule has 6 rings (SSSR count). The number of carbonyl (C=O) groups is 1. The predicted molar refractivity (Wildman–Crippen MR) is 192 cm³/mol. The average molecular weight is 682 g/mol. The number of para-hydroxylation sites is 1. The van der Waals surface area contributed by atoms with Gasteiger partial charge in [0.05, 0.1) is 22.9 Å². The van der Waals surface area contributed by atoms with E-state index in [-0.39, 0.29) is 5.91 Å². The van der Waals surface area contributed by atoms with Crippen LogP contribution in [0.5, 0.6) is 17.2 Å². The number of hydrogen-bond donors (Lipinski definition) is 0. The number of aliphatic imine (C=N–C) groups is 1. The minimum atomic E-state index is -0.202. The first kappa shape index (κ1) is 32.3. The second-order valence-electron chi connectivity index (χ2n) is 10.4. The molecule has 1 amide bonds. The molecule has 1 saturated heterocycles. The molecule has 1 aliphatic heterocycles. The van der Waals surface area contributed by atoms with E-state index < -0.39 is 0 Å². The van der Waals surface area contributed by atoms with Gasteiger partial charge in [-0.2, -0.15) is 0 Å². The van der Waals surface area contributed by atoms with Crippen LogP contribution in [0, 0.1) is 0 Å². The van der Waals surface area contributed by atoms with Crippen molar-refractivity contribution < 1.29 is 19.0 Å². The van der Waals surface area contributed by atoms with Gasteiger partial charge >= 0.3 is 0 Å². The molecule has 0 N–H and O–H groups in total. The van der Waals surface area contributed by atoms with Crippen LogP contribution < -0.4 is 19.1 Å². The van der Waals surface area contributed by atoms with Crippen molar-refractivity contribution in [3.8, 4) is 17.2 Å². The lowest BCUT2D eigenvalue weighted by Crippen LogP contribution is -2.28. The van der Waals surface area contributed by atoms with Gasteiger partial charge in [-0.25, -0.2) is 4.99 Å².